The predicted molar refractivity (Wildman–Crippen MR) is 284 cm³/mol. The second-order valence-electron chi connectivity index (χ2n) is 21.1. The smallest absolute Gasteiger partial charge is 0.329 e. The average molecular weight is 1040 g/mol. The molecule has 1 aliphatic carbocycles. The van der Waals surface area contributed by atoms with Crippen LogP contribution in [0, 0.1) is 29.6 Å². The number of rotatable bonds is 10. The van der Waals surface area contributed by atoms with E-state index in [1.165, 1.54) is 6.08 Å². The number of hydrogen-bond acceptors (Lipinski definition) is 15. The Morgan fingerprint density at radius 2 is 1.69 bits per heavy atom. The summed E-state index contributed by atoms with van der Waals surface area (Å²) in [4.78, 5) is 67.6. The number of amides is 1. The van der Waals surface area contributed by atoms with Gasteiger partial charge < -0.3 is 49.7 Å². The Morgan fingerprint density at radius 3 is 2.39 bits per heavy atom. The molecule has 15 atom stereocenters. The lowest BCUT2D eigenvalue weighted by atomic mass is 9.79. The molecule has 1 aromatic carbocycles. The molecule has 1 amide bonds. The molecule has 75 heavy (non-hydrogen) atoms. The van der Waals surface area contributed by atoms with E-state index in [-0.39, 0.29) is 56.4 Å². The van der Waals surface area contributed by atoms with Gasteiger partial charge in [-0.3, -0.25) is 14.4 Å². The highest BCUT2D eigenvalue weighted by Crippen LogP contribution is 2.38. The van der Waals surface area contributed by atoms with Gasteiger partial charge in [0, 0.05) is 62.3 Å². The molecule has 2 bridgehead atoms. The third-order valence-corrected chi connectivity index (χ3v) is 15.5. The lowest BCUT2D eigenvalue weighted by Crippen LogP contribution is -2.61. The van der Waals surface area contributed by atoms with Gasteiger partial charge in [0.1, 0.15) is 31.0 Å². The summed E-state index contributed by atoms with van der Waals surface area (Å²) in [5.41, 5.74) is 18.7. The maximum atomic E-state index is 14.8. The third kappa shape index (κ3) is 16.6. The van der Waals surface area contributed by atoms with Gasteiger partial charge in [-0.2, -0.15) is 0 Å². The second-order valence-corrected chi connectivity index (χ2v) is 21.1. The number of benzene rings is 1. The molecule has 18 nitrogen and oxygen atoms in total. The van der Waals surface area contributed by atoms with Crippen LogP contribution in [0.25, 0.3) is 10.4 Å². The molecule has 3 aliphatic heterocycles. The Balaban J connectivity index is 1.56. The number of nitrogens with two attached hydrogens (primary N) is 1. The maximum absolute atomic E-state index is 14.8. The number of hydrogen-bond donors (Lipinski definition) is 4. The van der Waals surface area contributed by atoms with Crippen LogP contribution in [0.4, 0.5) is 0 Å². The van der Waals surface area contributed by atoms with E-state index >= 15 is 0 Å². The highest BCUT2D eigenvalue weighted by Gasteiger charge is 2.54. The quantitative estimate of drug-likeness (QED) is 0.0333. The van der Waals surface area contributed by atoms with Gasteiger partial charge in [-0.05, 0) is 112 Å². The molecule has 18 heteroatoms. The minimum atomic E-state index is -2.58. The molecule has 0 radical (unpaired) electrons. The van der Waals surface area contributed by atoms with Gasteiger partial charge in [0.25, 0.3) is 11.7 Å². The number of carbonyl (C=O) groups excluding carboxylic acids is 4. The van der Waals surface area contributed by atoms with Gasteiger partial charge in [-0.25, -0.2) is 4.79 Å². The second kappa shape index (κ2) is 29.3. The van der Waals surface area contributed by atoms with Crippen LogP contribution in [-0.4, -0.2) is 131 Å². The van der Waals surface area contributed by atoms with Crippen molar-refractivity contribution in [2.24, 2.45) is 45.6 Å². The third-order valence-electron chi connectivity index (χ3n) is 15.5. The van der Waals surface area contributed by atoms with Crippen molar-refractivity contribution in [3.8, 4) is 0 Å². The summed E-state index contributed by atoms with van der Waals surface area (Å²) in [5, 5.41) is 43.5. The first kappa shape index (κ1) is 60.6. The zero-order valence-electron chi connectivity index (χ0n) is 44.9. The minimum Gasteiger partial charge on any atom is -0.459 e. The molecule has 3 fully saturated rings. The molecule has 3 heterocycles. The van der Waals surface area contributed by atoms with Crippen LogP contribution in [0.15, 0.2) is 101 Å². The summed E-state index contributed by atoms with van der Waals surface area (Å²) in [6.07, 6.45) is 11.1. The number of methoxy groups -OCH3 is 2. The van der Waals surface area contributed by atoms with Gasteiger partial charge in [0.2, 0.25) is 5.79 Å². The molecule has 1 unspecified atom stereocenters. The molecule has 5 rings (SSSR count). The predicted octanol–water partition coefficient (Wildman–Crippen LogP) is 7.71. The first-order chi connectivity index (χ1) is 35.8. The van der Waals surface area contributed by atoms with Crippen LogP contribution in [0.1, 0.15) is 117 Å². The number of carbonyl (C=O) groups is 4. The van der Waals surface area contributed by atoms with E-state index < -0.39 is 89.6 Å². The highest BCUT2D eigenvalue weighted by molar-refractivity contribution is 6.39. The number of ether oxygens (including phenoxy) is 4. The SMILES string of the molecule is C=C[C@@H]1CC[C@H]2C[C@H](OC)/C(C)=C/C=C/C=C/[C@@H](C)C[C@@H](C)C(=O)[C@H](O)[C@H](O)/C(C)=C/[C@@H](C)/C(=N\OCc3ccccc3)C[C@@H]([C@H](N)C[C@@H]3CCC(N=[N+]=[N-])[C@H](OC)C3)OC(=O)[C@@H]3CCCCN3C(=O)C(=O)[C@]1(O)O2. The van der Waals surface area contributed by atoms with Crippen LogP contribution >= 0.6 is 0 Å². The van der Waals surface area contributed by atoms with Crippen LogP contribution in [0.5, 0.6) is 0 Å². The largest absolute Gasteiger partial charge is 0.459 e. The number of allylic oxidation sites excluding steroid dienone is 6. The number of aliphatic hydroxyl groups is 3. The zero-order valence-corrected chi connectivity index (χ0v) is 44.9. The topological polar surface area (TPSA) is 266 Å². The number of Topliss-reactive ketones (excluding diaryl/α,β-unsaturated/α-hetero) is 2. The first-order valence-electron chi connectivity index (χ1n) is 26.6. The number of aliphatic hydroxyl groups excluding tert-OH is 2. The van der Waals surface area contributed by atoms with Crippen molar-refractivity contribution in [2.75, 3.05) is 20.8 Å². The molecular weight excluding hydrogens is 961 g/mol. The van der Waals surface area contributed by atoms with Crippen molar-refractivity contribution in [1.29, 1.82) is 0 Å². The van der Waals surface area contributed by atoms with Crippen LogP contribution in [-0.2, 0) is 49.6 Å². The highest BCUT2D eigenvalue weighted by atomic mass is 16.6. The van der Waals surface area contributed by atoms with E-state index in [0.29, 0.717) is 69.1 Å². The van der Waals surface area contributed by atoms with E-state index in [9.17, 15) is 40.0 Å². The summed E-state index contributed by atoms with van der Waals surface area (Å²) in [5.74, 6) is -8.45. The first-order valence-corrected chi connectivity index (χ1v) is 26.6. The van der Waals surface area contributed by atoms with Gasteiger partial charge in [0.05, 0.1) is 30.1 Å². The number of piperidine rings is 1. The van der Waals surface area contributed by atoms with E-state index in [0.717, 1.165) is 16.0 Å². The number of azide groups is 1. The summed E-state index contributed by atoms with van der Waals surface area (Å²) >= 11 is 0. The standard InChI is InChI=1S/C57H82N6O12/c1-9-42-24-25-43-32-48(71-7)36(3)19-13-10-12-18-35(2)28-38(5)51(64)53(66)52(65)39(6)29-37(4)46(61-73-34-40-20-14-11-15-21-40)33-49(44(58)30-41-23-26-45(60-62-59)50(31-41)72-8)74-56(69)47-22-16-17-27-63(47)55(68)54(67)57(42,70)75-43/h9-15,18-21,29,35,37-38,41-45,47-50,52-53,65-66,70H,1,16-17,22-28,30-34,58H2,2-8H3/b13-10+,18-12+,36-19+,39-29+,61-46-/t35-,37-,38-,41+,42-,43+,44-,45?,47+,48+,49+,50-,52-,53+,57-/m1/s1. The minimum absolute atomic E-state index is 0.0279. The van der Waals surface area contributed by atoms with Crippen molar-refractivity contribution in [3.05, 3.63) is 107 Å². The monoisotopic (exact) mass is 1040 g/mol. The van der Waals surface area contributed by atoms with Crippen molar-refractivity contribution >= 4 is 29.2 Å². The van der Waals surface area contributed by atoms with E-state index in [1.54, 1.807) is 41.1 Å². The lowest BCUT2D eigenvalue weighted by Gasteiger charge is -2.43. The van der Waals surface area contributed by atoms with Crippen molar-refractivity contribution < 1.29 is 58.3 Å². The van der Waals surface area contributed by atoms with Crippen molar-refractivity contribution in [1.82, 2.24) is 4.90 Å². The Hall–Kier alpha value is -5.30. The molecule has 0 spiro atoms. The number of ketones is 2. The van der Waals surface area contributed by atoms with Crippen LogP contribution < -0.4 is 5.73 Å². The number of fused-ring (bicyclic) bond motifs is 3. The molecular formula is C57H82N6O12. The van der Waals surface area contributed by atoms with E-state index in [1.807, 2.05) is 74.6 Å². The summed E-state index contributed by atoms with van der Waals surface area (Å²) in [6, 6.07) is 6.93. The van der Waals surface area contributed by atoms with E-state index in [4.69, 9.17) is 29.5 Å². The normalized spacial score (nSPS) is 36.8. The fourth-order valence-electron chi connectivity index (χ4n) is 10.9. The average Bonchev–Trinajstić information content (AvgIpc) is 3.40. The Kier molecular flexibility index (Phi) is 23.6. The summed E-state index contributed by atoms with van der Waals surface area (Å²) < 4.78 is 24.2. The van der Waals surface area contributed by atoms with Crippen LogP contribution in [0.2, 0.25) is 0 Å². The maximum Gasteiger partial charge on any atom is 0.329 e. The zero-order chi connectivity index (χ0) is 54.8. The number of nitrogens with zero attached hydrogens (tertiary/aromatic N) is 5. The number of oxime groups is 1. The Morgan fingerprint density at radius 1 is 0.947 bits per heavy atom. The van der Waals surface area contributed by atoms with Gasteiger partial charge >= 0.3 is 5.97 Å². The fraction of sp³-hybridized carbons (Fsp3) is 0.632. The van der Waals surface area contributed by atoms with Crippen molar-refractivity contribution in [3.63, 3.8) is 0 Å². The molecule has 0 aromatic heterocycles. The summed E-state index contributed by atoms with van der Waals surface area (Å²) in [6.45, 7) is 13.0. The molecule has 1 aromatic rings. The number of cyclic esters (lactones) is 1. The summed E-state index contributed by atoms with van der Waals surface area (Å²) in [7, 11) is 3.12. The molecule has 1 saturated carbocycles. The molecule has 4 aliphatic rings. The lowest BCUT2D eigenvalue weighted by molar-refractivity contribution is -0.260. The van der Waals surface area contributed by atoms with Crippen LogP contribution in [0.3, 0.4) is 0 Å². The molecule has 412 valence electrons. The van der Waals surface area contributed by atoms with E-state index in [2.05, 4.69) is 21.8 Å². The fourth-order valence-corrected chi connectivity index (χ4v) is 10.9. The Bertz CT molecular complexity index is 2300. The van der Waals surface area contributed by atoms with Gasteiger partial charge in [0.15, 0.2) is 5.78 Å². The van der Waals surface area contributed by atoms with Crippen molar-refractivity contribution in [2.45, 2.75) is 179 Å². The number of esters is 1. The molecule has 5 N–H and O–H groups in total. The van der Waals surface area contributed by atoms with Gasteiger partial charge in [-0.15, -0.1) is 6.58 Å². The molecule has 2 saturated heterocycles. The van der Waals surface area contributed by atoms with Gasteiger partial charge in [-0.1, -0.05) is 104 Å². The Labute approximate surface area is 442 Å².